The van der Waals surface area contributed by atoms with E-state index in [1.54, 1.807) is 11.0 Å². The normalized spacial score (nSPS) is 20.6. The highest BCUT2D eigenvalue weighted by atomic mass is 35.5. The van der Waals surface area contributed by atoms with Crippen LogP contribution < -0.4 is 0 Å². The van der Waals surface area contributed by atoms with Gasteiger partial charge < -0.3 is 13.9 Å². The fourth-order valence-electron chi connectivity index (χ4n) is 3.24. The third kappa shape index (κ3) is 7.09. The summed E-state index contributed by atoms with van der Waals surface area (Å²) in [6.07, 6.45) is 0.0713. The first-order valence-corrected chi connectivity index (χ1v) is 14.5. The Kier molecular flexibility index (Phi) is 8.53. The highest BCUT2D eigenvalue weighted by Gasteiger charge is 2.40. The molecule has 1 amide bonds. The molecule has 176 valence electrons. The number of morpholine rings is 1. The number of carbonyl (C=O) groups is 1. The minimum atomic E-state index is -1.88. The minimum Gasteiger partial charge on any atom is -0.444 e. The number of halogens is 2. The van der Waals surface area contributed by atoms with E-state index in [1.165, 1.54) is 0 Å². The third-order valence-corrected chi connectivity index (χ3v) is 11.2. The number of hydrogen-bond donors (Lipinski definition) is 0. The highest BCUT2D eigenvalue weighted by Crippen LogP contribution is 2.38. The van der Waals surface area contributed by atoms with Gasteiger partial charge in [0.1, 0.15) is 5.60 Å². The molecule has 31 heavy (non-hydrogen) atoms. The van der Waals surface area contributed by atoms with Gasteiger partial charge in [-0.1, -0.05) is 50.0 Å². The van der Waals surface area contributed by atoms with E-state index in [-0.39, 0.29) is 23.3 Å². The van der Waals surface area contributed by atoms with Crippen molar-refractivity contribution < 1.29 is 18.7 Å². The molecular formula is C23H37Cl2NO4Si. The second-order valence-electron chi connectivity index (χ2n) is 10.6. The summed E-state index contributed by atoms with van der Waals surface area (Å²) in [5, 5.41) is 1.06. The zero-order valence-electron chi connectivity index (χ0n) is 20.1. The summed E-state index contributed by atoms with van der Waals surface area (Å²) in [5.74, 6) is 0. The zero-order valence-corrected chi connectivity index (χ0v) is 22.6. The molecule has 1 fully saturated rings. The minimum absolute atomic E-state index is 0.131. The van der Waals surface area contributed by atoms with Crippen LogP contribution in [0.2, 0.25) is 28.2 Å². The number of benzene rings is 1. The number of ether oxygens (including phenoxy) is 2. The summed E-state index contributed by atoms with van der Waals surface area (Å²) in [5.41, 5.74) is 0.288. The van der Waals surface area contributed by atoms with Crippen molar-refractivity contribution >= 4 is 37.6 Å². The third-order valence-electron chi connectivity index (χ3n) is 5.94. The molecule has 5 nitrogen and oxygen atoms in total. The Morgan fingerprint density at radius 3 is 2.35 bits per heavy atom. The SMILES string of the molecule is CC(C)(C)OC(=O)N1CCO[C@H](CCO[Si](C)(C)C(C)(C)C)C1c1ccc(Cl)c(Cl)c1. The Morgan fingerprint density at radius 2 is 1.81 bits per heavy atom. The van der Waals surface area contributed by atoms with Crippen LogP contribution in [0.5, 0.6) is 0 Å². The molecule has 1 aliphatic rings. The molecule has 8 heteroatoms. The lowest BCUT2D eigenvalue weighted by molar-refractivity contribution is -0.0833. The van der Waals surface area contributed by atoms with Crippen LogP contribution in [0.3, 0.4) is 0 Å². The Labute approximate surface area is 198 Å². The summed E-state index contributed by atoms with van der Waals surface area (Å²) >= 11 is 12.4. The first-order chi connectivity index (χ1) is 14.1. The van der Waals surface area contributed by atoms with Gasteiger partial charge in [0, 0.05) is 13.2 Å². The van der Waals surface area contributed by atoms with Gasteiger partial charge in [-0.3, -0.25) is 4.90 Å². The maximum Gasteiger partial charge on any atom is 0.410 e. The van der Waals surface area contributed by atoms with Gasteiger partial charge in [-0.15, -0.1) is 0 Å². The van der Waals surface area contributed by atoms with Crippen LogP contribution in [0.4, 0.5) is 4.79 Å². The number of amides is 1. The van der Waals surface area contributed by atoms with E-state index in [1.807, 2.05) is 32.9 Å². The first kappa shape index (κ1) is 26.5. The van der Waals surface area contributed by atoms with E-state index in [9.17, 15) is 4.79 Å². The number of hydrogen-bond acceptors (Lipinski definition) is 4. The second-order valence-corrected chi connectivity index (χ2v) is 16.2. The van der Waals surface area contributed by atoms with Crippen molar-refractivity contribution in [3.05, 3.63) is 33.8 Å². The largest absolute Gasteiger partial charge is 0.444 e. The Bertz CT molecular complexity index is 774. The molecule has 0 spiro atoms. The van der Waals surface area contributed by atoms with Crippen LogP contribution in [0.25, 0.3) is 0 Å². The molecule has 0 aliphatic carbocycles. The van der Waals surface area contributed by atoms with E-state index in [4.69, 9.17) is 37.1 Å². The number of nitrogens with zero attached hydrogens (tertiary/aromatic N) is 1. The molecular weight excluding hydrogens is 453 g/mol. The molecule has 1 aromatic rings. The van der Waals surface area contributed by atoms with Gasteiger partial charge in [-0.2, -0.15) is 0 Å². The van der Waals surface area contributed by atoms with Crippen LogP contribution in [0.1, 0.15) is 59.6 Å². The smallest absolute Gasteiger partial charge is 0.410 e. The second kappa shape index (κ2) is 10.00. The highest BCUT2D eigenvalue weighted by molar-refractivity contribution is 6.74. The molecule has 1 aromatic carbocycles. The molecule has 2 rings (SSSR count). The molecule has 0 saturated carbocycles. The topological polar surface area (TPSA) is 48.0 Å². The van der Waals surface area contributed by atoms with Crippen LogP contribution in [-0.4, -0.2) is 50.8 Å². The standard InChI is InChI=1S/C23H37Cl2NO4Si/c1-22(2,3)30-21(27)26-12-14-28-19(11-13-29-31(7,8)23(4,5)6)20(26)16-9-10-17(24)18(25)15-16/h9-10,15,19-20H,11-14H2,1-8H3/t19-,20?/m1/s1. The molecule has 1 unspecified atom stereocenters. The summed E-state index contributed by atoms with van der Waals surface area (Å²) in [7, 11) is -1.88. The van der Waals surface area contributed by atoms with Gasteiger partial charge >= 0.3 is 6.09 Å². The molecule has 0 radical (unpaired) electrons. The maximum absolute atomic E-state index is 13.0. The van der Waals surface area contributed by atoms with Crippen molar-refractivity contribution in [3.8, 4) is 0 Å². The fraction of sp³-hybridized carbons (Fsp3) is 0.696. The van der Waals surface area contributed by atoms with E-state index in [0.717, 1.165) is 5.56 Å². The van der Waals surface area contributed by atoms with Crippen molar-refractivity contribution in [2.75, 3.05) is 19.8 Å². The summed E-state index contributed by atoms with van der Waals surface area (Å²) in [6.45, 7) is 18.2. The Hall–Kier alpha value is -0.793. The van der Waals surface area contributed by atoms with E-state index >= 15 is 0 Å². The molecule has 2 atom stereocenters. The molecule has 0 aromatic heterocycles. The van der Waals surface area contributed by atoms with Crippen molar-refractivity contribution in [1.82, 2.24) is 4.90 Å². The molecule has 1 heterocycles. The lowest BCUT2D eigenvalue weighted by Crippen LogP contribution is -2.50. The van der Waals surface area contributed by atoms with Crippen molar-refractivity contribution in [3.63, 3.8) is 0 Å². The Balaban J connectivity index is 2.27. The summed E-state index contributed by atoms with van der Waals surface area (Å²) in [6, 6.07) is 5.13. The fourth-order valence-corrected chi connectivity index (χ4v) is 4.61. The molecule has 0 bridgehead atoms. The number of carbonyl (C=O) groups excluding carboxylic acids is 1. The number of rotatable bonds is 5. The molecule has 0 N–H and O–H groups in total. The average molecular weight is 491 g/mol. The van der Waals surface area contributed by atoms with E-state index in [0.29, 0.717) is 36.2 Å². The predicted octanol–water partition coefficient (Wildman–Crippen LogP) is 7.08. The van der Waals surface area contributed by atoms with Crippen LogP contribution >= 0.6 is 23.2 Å². The van der Waals surface area contributed by atoms with E-state index in [2.05, 4.69) is 33.9 Å². The zero-order chi connectivity index (χ0) is 23.6. The quantitative estimate of drug-likeness (QED) is 0.414. The van der Waals surface area contributed by atoms with Gasteiger partial charge in [0.15, 0.2) is 8.32 Å². The van der Waals surface area contributed by atoms with Gasteiger partial charge in [0.25, 0.3) is 0 Å². The van der Waals surface area contributed by atoms with Gasteiger partial charge in [0.05, 0.1) is 28.8 Å². The first-order valence-electron chi connectivity index (χ1n) is 10.8. The molecule has 1 aliphatic heterocycles. The summed E-state index contributed by atoms with van der Waals surface area (Å²) in [4.78, 5) is 14.8. The average Bonchev–Trinajstić information content (AvgIpc) is 2.61. The van der Waals surface area contributed by atoms with Crippen LogP contribution in [0, 0.1) is 0 Å². The Morgan fingerprint density at radius 1 is 1.16 bits per heavy atom. The lowest BCUT2D eigenvalue weighted by Gasteiger charge is -2.42. The summed E-state index contributed by atoms with van der Waals surface area (Å²) < 4.78 is 18.2. The van der Waals surface area contributed by atoms with Crippen molar-refractivity contribution in [2.45, 2.75) is 83.8 Å². The maximum atomic E-state index is 13.0. The van der Waals surface area contributed by atoms with Crippen molar-refractivity contribution in [2.24, 2.45) is 0 Å². The van der Waals surface area contributed by atoms with Gasteiger partial charge in [0.2, 0.25) is 0 Å². The van der Waals surface area contributed by atoms with Gasteiger partial charge in [-0.25, -0.2) is 4.79 Å². The van der Waals surface area contributed by atoms with Crippen LogP contribution in [-0.2, 0) is 13.9 Å². The lowest BCUT2D eigenvalue weighted by atomic mass is 9.96. The van der Waals surface area contributed by atoms with Crippen molar-refractivity contribution in [1.29, 1.82) is 0 Å². The van der Waals surface area contributed by atoms with Gasteiger partial charge in [-0.05, 0) is 63.0 Å². The van der Waals surface area contributed by atoms with Crippen LogP contribution in [0.15, 0.2) is 18.2 Å². The van der Waals surface area contributed by atoms with E-state index < -0.39 is 13.9 Å². The predicted molar refractivity (Wildman–Crippen MR) is 130 cm³/mol. The monoisotopic (exact) mass is 489 g/mol. The molecule has 1 saturated heterocycles.